The zero-order chi connectivity index (χ0) is 14.9. The van der Waals surface area contributed by atoms with Crippen molar-refractivity contribution in [1.82, 2.24) is 4.90 Å². The molecule has 5 nitrogen and oxygen atoms in total. The van der Waals surface area contributed by atoms with Crippen molar-refractivity contribution >= 4 is 23.4 Å². The molecule has 0 spiro atoms. The highest BCUT2D eigenvalue weighted by Crippen LogP contribution is 2.26. The summed E-state index contributed by atoms with van der Waals surface area (Å²) in [5.41, 5.74) is -1.74. The van der Waals surface area contributed by atoms with E-state index in [0.717, 1.165) is 12.1 Å². The van der Waals surface area contributed by atoms with Gasteiger partial charge in [-0.15, -0.1) is 0 Å². The molecule has 1 aliphatic rings. The Balaban J connectivity index is 2.43. The number of amides is 1. The third-order valence-electron chi connectivity index (χ3n) is 3.11. The summed E-state index contributed by atoms with van der Waals surface area (Å²) in [7, 11) is 0. The maximum atomic E-state index is 14.0. The van der Waals surface area contributed by atoms with Crippen molar-refractivity contribution in [3.05, 3.63) is 39.4 Å². The molecule has 8 heteroatoms. The zero-order valence-electron chi connectivity index (χ0n) is 10.6. The number of carbonyl (C=O) groups is 1. The molecule has 0 saturated carbocycles. The number of nitro benzene ring substituents is 1. The number of hydrogen-bond acceptors (Lipinski definition) is 4. The molecule has 1 aliphatic heterocycles. The minimum Gasteiger partial charge on any atom is -0.334 e. The largest absolute Gasteiger partial charge is 0.334 e. The Morgan fingerprint density at radius 1 is 1.50 bits per heavy atom. The van der Waals surface area contributed by atoms with Gasteiger partial charge in [-0.1, -0.05) is 0 Å². The van der Waals surface area contributed by atoms with Crippen LogP contribution >= 0.6 is 11.8 Å². The summed E-state index contributed by atoms with van der Waals surface area (Å²) in [4.78, 5) is 23.3. The molecule has 1 heterocycles. The fourth-order valence-corrected chi connectivity index (χ4v) is 3.06. The molecule has 20 heavy (non-hydrogen) atoms. The van der Waals surface area contributed by atoms with Crippen LogP contribution in [0.3, 0.4) is 0 Å². The van der Waals surface area contributed by atoms with Crippen molar-refractivity contribution in [2.75, 3.05) is 18.1 Å². The van der Waals surface area contributed by atoms with Gasteiger partial charge >= 0.3 is 5.69 Å². The third-order valence-corrected chi connectivity index (χ3v) is 4.30. The van der Waals surface area contributed by atoms with Crippen LogP contribution < -0.4 is 0 Å². The molecular weight excluding hydrogens is 290 g/mol. The van der Waals surface area contributed by atoms with Gasteiger partial charge in [-0.25, -0.2) is 4.39 Å². The lowest BCUT2D eigenvalue weighted by molar-refractivity contribution is -0.387. The lowest BCUT2D eigenvalue weighted by Gasteiger charge is -2.33. The minimum atomic E-state index is -1.41. The Morgan fingerprint density at radius 2 is 2.20 bits per heavy atom. The number of nitrogens with zero attached hydrogens (tertiary/aromatic N) is 2. The predicted molar refractivity (Wildman–Crippen MR) is 70.8 cm³/mol. The number of rotatable bonds is 2. The molecule has 2 rings (SSSR count). The van der Waals surface area contributed by atoms with Crippen molar-refractivity contribution in [2.45, 2.75) is 13.0 Å². The van der Waals surface area contributed by atoms with Crippen LogP contribution in [0, 0.1) is 21.7 Å². The van der Waals surface area contributed by atoms with Gasteiger partial charge in [-0.05, 0) is 13.0 Å². The van der Waals surface area contributed by atoms with Crippen molar-refractivity contribution in [1.29, 1.82) is 0 Å². The highest BCUT2D eigenvalue weighted by molar-refractivity contribution is 7.99. The van der Waals surface area contributed by atoms with Crippen molar-refractivity contribution in [2.24, 2.45) is 0 Å². The van der Waals surface area contributed by atoms with Gasteiger partial charge in [0.15, 0.2) is 0 Å². The van der Waals surface area contributed by atoms with Gasteiger partial charge in [0.25, 0.3) is 5.91 Å². The van der Waals surface area contributed by atoms with Crippen LogP contribution in [-0.2, 0) is 0 Å². The Labute approximate surface area is 118 Å². The second-order valence-corrected chi connectivity index (χ2v) is 5.58. The van der Waals surface area contributed by atoms with Gasteiger partial charge in [0.2, 0.25) is 5.82 Å². The molecule has 1 fully saturated rings. The first kappa shape index (κ1) is 14.7. The van der Waals surface area contributed by atoms with Crippen molar-refractivity contribution in [3.63, 3.8) is 0 Å². The Hall–Kier alpha value is -1.70. The normalized spacial score (nSPS) is 18.9. The Morgan fingerprint density at radius 3 is 2.80 bits per heavy atom. The van der Waals surface area contributed by atoms with Crippen LogP contribution in [0.4, 0.5) is 14.5 Å². The van der Waals surface area contributed by atoms with Crippen LogP contribution in [-0.4, -0.2) is 39.8 Å². The molecule has 1 aromatic carbocycles. The molecule has 1 atom stereocenters. The summed E-state index contributed by atoms with van der Waals surface area (Å²) in [5, 5.41) is 10.7. The molecule has 0 aromatic heterocycles. The number of nitro groups is 1. The highest BCUT2D eigenvalue weighted by Gasteiger charge is 2.32. The number of halogens is 2. The third kappa shape index (κ3) is 2.60. The van der Waals surface area contributed by atoms with Crippen LogP contribution in [0.15, 0.2) is 12.1 Å². The number of hydrogen-bond donors (Lipinski definition) is 0. The molecule has 1 saturated heterocycles. The standard InChI is InChI=1S/C12H12F2N2O3S/c1-7-6-20-5-4-15(7)12(17)10-8(13)2-3-9(11(10)14)16(18)19/h2-3,7H,4-6H2,1H3. The van der Waals surface area contributed by atoms with E-state index in [1.165, 1.54) is 4.90 Å². The van der Waals surface area contributed by atoms with Gasteiger partial charge in [0, 0.05) is 30.2 Å². The maximum absolute atomic E-state index is 14.0. The molecular formula is C12H12F2N2O3S. The molecule has 0 aliphatic carbocycles. The lowest BCUT2D eigenvalue weighted by Crippen LogP contribution is -2.45. The van der Waals surface area contributed by atoms with Crippen molar-refractivity contribution in [3.8, 4) is 0 Å². The fraction of sp³-hybridized carbons (Fsp3) is 0.417. The summed E-state index contributed by atoms with van der Waals surface area (Å²) in [5.74, 6) is -1.98. The molecule has 1 amide bonds. The van der Waals surface area contributed by atoms with E-state index in [2.05, 4.69) is 0 Å². The molecule has 108 valence electrons. The Bertz CT molecular complexity index is 568. The average molecular weight is 302 g/mol. The Kier molecular flexibility index (Phi) is 4.22. The van der Waals surface area contributed by atoms with Crippen LogP contribution in [0.1, 0.15) is 17.3 Å². The van der Waals surface area contributed by atoms with E-state index >= 15 is 0 Å². The lowest BCUT2D eigenvalue weighted by atomic mass is 10.1. The SMILES string of the molecule is CC1CSCCN1C(=O)c1c(F)ccc([N+](=O)[O-])c1F. The van der Waals surface area contributed by atoms with Gasteiger partial charge in [0.05, 0.1) is 4.92 Å². The second kappa shape index (κ2) is 5.74. The predicted octanol–water partition coefficient (Wildman–Crippen LogP) is 2.45. The van der Waals surface area contributed by atoms with E-state index in [9.17, 15) is 23.7 Å². The highest BCUT2D eigenvalue weighted by atomic mass is 32.2. The summed E-state index contributed by atoms with van der Waals surface area (Å²) in [6, 6.07) is 1.30. The monoisotopic (exact) mass is 302 g/mol. The summed E-state index contributed by atoms with van der Waals surface area (Å²) in [6.45, 7) is 2.14. The van der Waals surface area contributed by atoms with Gasteiger partial charge in [-0.2, -0.15) is 16.2 Å². The first-order valence-corrected chi connectivity index (χ1v) is 7.10. The molecule has 0 bridgehead atoms. The smallest absolute Gasteiger partial charge is 0.305 e. The van der Waals surface area contributed by atoms with Crippen LogP contribution in [0.2, 0.25) is 0 Å². The quantitative estimate of drug-likeness (QED) is 0.622. The van der Waals surface area contributed by atoms with E-state index in [0.29, 0.717) is 18.1 Å². The molecule has 1 aromatic rings. The number of thioether (sulfide) groups is 1. The van der Waals surface area contributed by atoms with E-state index in [-0.39, 0.29) is 6.04 Å². The number of carbonyl (C=O) groups excluding carboxylic acids is 1. The second-order valence-electron chi connectivity index (χ2n) is 4.44. The van der Waals surface area contributed by atoms with E-state index < -0.39 is 33.7 Å². The summed E-state index contributed by atoms with van der Waals surface area (Å²) < 4.78 is 27.7. The molecule has 1 unspecified atom stereocenters. The molecule has 0 N–H and O–H groups in total. The maximum Gasteiger partial charge on any atom is 0.305 e. The van der Waals surface area contributed by atoms with Gasteiger partial charge in [0.1, 0.15) is 11.4 Å². The topological polar surface area (TPSA) is 63.5 Å². The zero-order valence-corrected chi connectivity index (χ0v) is 11.5. The van der Waals surface area contributed by atoms with Crippen LogP contribution in [0.5, 0.6) is 0 Å². The van der Waals surface area contributed by atoms with E-state index in [1.807, 2.05) is 0 Å². The van der Waals surface area contributed by atoms with E-state index in [1.54, 1.807) is 18.7 Å². The number of benzene rings is 1. The van der Waals surface area contributed by atoms with Crippen LogP contribution in [0.25, 0.3) is 0 Å². The van der Waals surface area contributed by atoms with Crippen molar-refractivity contribution < 1.29 is 18.5 Å². The fourth-order valence-electron chi connectivity index (χ4n) is 2.05. The summed E-state index contributed by atoms with van der Waals surface area (Å²) >= 11 is 1.65. The minimum absolute atomic E-state index is 0.167. The first-order valence-electron chi connectivity index (χ1n) is 5.94. The van der Waals surface area contributed by atoms with E-state index in [4.69, 9.17) is 0 Å². The molecule has 0 radical (unpaired) electrons. The van der Waals surface area contributed by atoms with Gasteiger partial charge < -0.3 is 4.90 Å². The van der Waals surface area contributed by atoms with Gasteiger partial charge in [-0.3, -0.25) is 14.9 Å². The average Bonchev–Trinajstić information content (AvgIpc) is 2.38. The first-order chi connectivity index (χ1) is 9.43. The summed E-state index contributed by atoms with van der Waals surface area (Å²) in [6.07, 6.45) is 0.